The highest BCUT2D eigenvalue weighted by molar-refractivity contribution is 6.07. The molecule has 0 saturated carbocycles. The molecule has 2 aliphatic rings. The summed E-state index contributed by atoms with van der Waals surface area (Å²) in [6, 6.07) is 13.8. The van der Waals surface area contributed by atoms with Crippen LogP contribution < -0.4 is 26.2 Å². The highest BCUT2D eigenvalue weighted by atomic mass is 16.2. The number of amides is 6. The highest BCUT2D eigenvalue weighted by Crippen LogP contribution is 2.27. The minimum atomic E-state index is -1.16. The monoisotopic (exact) mass is 421 g/mol. The molecule has 1 fully saturated rings. The van der Waals surface area contributed by atoms with E-state index in [1.165, 1.54) is 0 Å². The first-order chi connectivity index (χ1) is 14.9. The third kappa shape index (κ3) is 4.07. The minimum absolute atomic E-state index is 0.107. The van der Waals surface area contributed by atoms with E-state index in [1.807, 2.05) is 24.3 Å². The van der Waals surface area contributed by atoms with Crippen molar-refractivity contribution >= 4 is 29.6 Å². The maximum atomic E-state index is 12.5. The van der Waals surface area contributed by atoms with E-state index < -0.39 is 23.5 Å². The van der Waals surface area contributed by atoms with Crippen molar-refractivity contribution in [3.63, 3.8) is 0 Å². The summed E-state index contributed by atoms with van der Waals surface area (Å²) in [4.78, 5) is 49.9. The molecule has 9 nitrogen and oxygen atoms in total. The van der Waals surface area contributed by atoms with Gasteiger partial charge in [0, 0.05) is 18.8 Å². The number of anilines is 1. The minimum Gasteiger partial charge on any atom is -0.334 e. The molecule has 4 N–H and O–H groups in total. The summed E-state index contributed by atoms with van der Waals surface area (Å²) in [5, 5.41) is 10.1. The lowest BCUT2D eigenvalue weighted by atomic mass is 9.91. The van der Waals surface area contributed by atoms with Crippen LogP contribution in [0.4, 0.5) is 15.3 Å². The van der Waals surface area contributed by atoms with E-state index in [-0.39, 0.29) is 19.0 Å². The number of hydrogen-bond donors (Lipinski definition) is 4. The van der Waals surface area contributed by atoms with Crippen LogP contribution in [0.15, 0.2) is 48.5 Å². The van der Waals surface area contributed by atoms with E-state index in [0.29, 0.717) is 12.1 Å². The van der Waals surface area contributed by atoms with Gasteiger partial charge in [0.25, 0.3) is 5.91 Å². The predicted molar refractivity (Wildman–Crippen MR) is 113 cm³/mol. The summed E-state index contributed by atoms with van der Waals surface area (Å²) in [5.74, 6) is -0.597. The molecule has 9 heteroatoms. The molecule has 0 aromatic heterocycles. The second kappa shape index (κ2) is 8.10. The normalized spacial score (nSPS) is 19.5. The summed E-state index contributed by atoms with van der Waals surface area (Å²) in [6.45, 7) is 2.32. The van der Waals surface area contributed by atoms with Gasteiger partial charge in [-0.25, -0.2) is 9.59 Å². The summed E-state index contributed by atoms with van der Waals surface area (Å²) < 4.78 is 0. The van der Waals surface area contributed by atoms with Gasteiger partial charge >= 0.3 is 12.1 Å². The molecule has 6 amide bonds. The number of urea groups is 2. The zero-order chi connectivity index (χ0) is 22.0. The van der Waals surface area contributed by atoms with Crippen molar-refractivity contribution in [2.45, 2.75) is 25.4 Å². The van der Waals surface area contributed by atoms with Gasteiger partial charge in [0.1, 0.15) is 5.54 Å². The standard InChI is InChI=1S/C22H23N5O4/c1-22(19(29)25-21(31)26-22)16-7-4-5-14(11-16)12-23-20(30)24-13-18(28)27-10-9-15-6-2-3-8-17(15)27/h2-8,11H,9-10,12-13H2,1H3,(H2,23,24,30)(H2,25,26,29,31). The summed E-state index contributed by atoms with van der Waals surface area (Å²) in [5.41, 5.74) is 2.22. The van der Waals surface area contributed by atoms with Crippen LogP contribution >= 0.6 is 0 Å². The Morgan fingerprint density at radius 2 is 1.90 bits per heavy atom. The van der Waals surface area contributed by atoms with Crippen LogP contribution in [0, 0.1) is 0 Å². The second-order valence-electron chi connectivity index (χ2n) is 7.69. The van der Waals surface area contributed by atoms with E-state index in [4.69, 9.17) is 0 Å². The molecule has 2 aromatic rings. The number of nitrogens with one attached hydrogen (secondary N) is 4. The zero-order valence-electron chi connectivity index (χ0n) is 17.0. The number of carbonyl (C=O) groups excluding carboxylic acids is 4. The third-order valence-electron chi connectivity index (χ3n) is 5.59. The average molecular weight is 421 g/mol. The van der Waals surface area contributed by atoms with Crippen LogP contribution in [0.5, 0.6) is 0 Å². The fourth-order valence-corrected chi connectivity index (χ4v) is 3.83. The quantitative estimate of drug-likeness (QED) is 0.541. The van der Waals surface area contributed by atoms with Crippen molar-refractivity contribution in [1.82, 2.24) is 21.3 Å². The van der Waals surface area contributed by atoms with Crippen LogP contribution in [-0.2, 0) is 28.1 Å². The Hall–Kier alpha value is -3.88. The number of fused-ring (bicyclic) bond motifs is 1. The molecule has 1 atom stereocenters. The molecule has 4 rings (SSSR count). The van der Waals surface area contributed by atoms with Crippen LogP contribution in [0.3, 0.4) is 0 Å². The van der Waals surface area contributed by atoms with Gasteiger partial charge in [-0.3, -0.25) is 14.9 Å². The first-order valence-electron chi connectivity index (χ1n) is 10.00. The fraction of sp³-hybridized carbons (Fsp3) is 0.273. The third-order valence-corrected chi connectivity index (χ3v) is 5.59. The van der Waals surface area contributed by atoms with Gasteiger partial charge in [0.2, 0.25) is 5.91 Å². The van der Waals surface area contributed by atoms with Crippen molar-refractivity contribution in [1.29, 1.82) is 0 Å². The van der Waals surface area contributed by atoms with Gasteiger partial charge in [-0.15, -0.1) is 0 Å². The molecule has 31 heavy (non-hydrogen) atoms. The van der Waals surface area contributed by atoms with Gasteiger partial charge in [0.15, 0.2) is 0 Å². The Balaban J connectivity index is 1.30. The Morgan fingerprint density at radius 3 is 2.68 bits per heavy atom. The van der Waals surface area contributed by atoms with E-state index in [9.17, 15) is 19.2 Å². The topological polar surface area (TPSA) is 120 Å². The van der Waals surface area contributed by atoms with Gasteiger partial charge in [0.05, 0.1) is 6.54 Å². The maximum absolute atomic E-state index is 12.5. The molecule has 160 valence electrons. The first-order valence-corrected chi connectivity index (χ1v) is 10.00. The van der Waals surface area contributed by atoms with Crippen LogP contribution in [0.1, 0.15) is 23.6 Å². The average Bonchev–Trinajstić information content (AvgIpc) is 3.31. The van der Waals surface area contributed by atoms with Gasteiger partial charge in [-0.1, -0.05) is 42.5 Å². The number of nitrogens with zero attached hydrogens (tertiary/aromatic N) is 1. The molecular weight excluding hydrogens is 398 g/mol. The van der Waals surface area contributed by atoms with Crippen molar-refractivity contribution < 1.29 is 19.2 Å². The number of rotatable bonds is 5. The maximum Gasteiger partial charge on any atom is 0.322 e. The number of carbonyl (C=O) groups is 4. The predicted octanol–water partition coefficient (Wildman–Crippen LogP) is 1.13. The molecule has 0 bridgehead atoms. The van der Waals surface area contributed by atoms with E-state index in [0.717, 1.165) is 23.2 Å². The van der Waals surface area contributed by atoms with Crippen LogP contribution in [0.25, 0.3) is 0 Å². The first kappa shape index (κ1) is 20.4. The summed E-state index contributed by atoms with van der Waals surface area (Å²) in [6.07, 6.45) is 0.807. The van der Waals surface area contributed by atoms with Crippen LogP contribution in [-0.4, -0.2) is 37.0 Å². The zero-order valence-corrected chi connectivity index (χ0v) is 17.0. The number of hydrogen-bond acceptors (Lipinski definition) is 4. The van der Waals surface area contributed by atoms with Crippen molar-refractivity contribution in [2.24, 2.45) is 0 Å². The van der Waals surface area contributed by atoms with Gasteiger partial charge in [-0.2, -0.15) is 0 Å². The molecule has 2 heterocycles. The lowest BCUT2D eigenvalue weighted by Crippen LogP contribution is -2.43. The molecule has 0 radical (unpaired) electrons. The SMILES string of the molecule is CC1(c2cccc(CNC(=O)NCC(=O)N3CCc4ccccc43)c2)NC(=O)NC1=O. The number of imide groups is 1. The lowest BCUT2D eigenvalue weighted by molar-refractivity contribution is -0.123. The molecule has 0 spiro atoms. The fourth-order valence-electron chi connectivity index (χ4n) is 3.83. The molecular formula is C22H23N5O4. The summed E-state index contributed by atoms with van der Waals surface area (Å²) >= 11 is 0. The second-order valence-corrected chi connectivity index (χ2v) is 7.69. The smallest absolute Gasteiger partial charge is 0.322 e. The van der Waals surface area contributed by atoms with E-state index >= 15 is 0 Å². The highest BCUT2D eigenvalue weighted by Gasteiger charge is 2.43. The Bertz CT molecular complexity index is 1070. The summed E-state index contributed by atoms with van der Waals surface area (Å²) in [7, 11) is 0. The Kier molecular flexibility index (Phi) is 5.33. The van der Waals surface area contributed by atoms with Crippen LogP contribution in [0.2, 0.25) is 0 Å². The Morgan fingerprint density at radius 1 is 1.10 bits per heavy atom. The largest absolute Gasteiger partial charge is 0.334 e. The number of benzene rings is 2. The van der Waals surface area contributed by atoms with Crippen molar-refractivity contribution in [2.75, 3.05) is 18.0 Å². The molecule has 0 aliphatic carbocycles. The van der Waals surface area contributed by atoms with E-state index in [1.54, 1.807) is 36.1 Å². The molecule has 1 unspecified atom stereocenters. The number of para-hydroxylation sites is 1. The van der Waals surface area contributed by atoms with Crippen molar-refractivity contribution in [3.8, 4) is 0 Å². The molecule has 1 saturated heterocycles. The Labute approximate surface area is 179 Å². The molecule has 2 aromatic carbocycles. The van der Waals surface area contributed by atoms with Gasteiger partial charge in [-0.05, 0) is 36.1 Å². The van der Waals surface area contributed by atoms with E-state index in [2.05, 4.69) is 21.3 Å². The van der Waals surface area contributed by atoms with Gasteiger partial charge < -0.3 is 20.9 Å². The lowest BCUT2D eigenvalue weighted by Gasteiger charge is -2.21. The van der Waals surface area contributed by atoms with Crippen molar-refractivity contribution in [3.05, 3.63) is 65.2 Å². The molecule has 2 aliphatic heterocycles.